The van der Waals surface area contributed by atoms with E-state index in [0.29, 0.717) is 0 Å². The number of hydrogen-bond acceptors (Lipinski definition) is 6. The van der Waals surface area contributed by atoms with Crippen molar-refractivity contribution in [2.75, 3.05) is 78.8 Å². The summed E-state index contributed by atoms with van der Waals surface area (Å²) in [6, 6.07) is 0. The van der Waals surface area contributed by atoms with Crippen LogP contribution in [0.15, 0.2) is 0 Å². The molecule has 0 bridgehead atoms. The molecule has 0 unspecified atom stereocenters. The van der Waals surface area contributed by atoms with Crippen LogP contribution in [-0.4, -0.2) is 98.8 Å². The molecule has 2 heterocycles. The average Bonchev–Trinajstić information content (AvgIpc) is 3.09. The Kier molecular flexibility index (Phi) is 29.2. The highest BCUT2D eigenvalue weighted by atomic mass is 16.5. The van der Waals surface area contributed by atoms with Crippen LogP contribution in [0.4, 0.5) is 0 Å². The van der Waals surface area contributed by atoms with Gasteiger partial charge in [0.1, 0.15) is 0 Å². The Morgan fingerprint density at radius 2 is 0.543 bits per heavy atom. The molecule has 0 radical (unpaired) electrons. The van der Waals surface area contributed by atoms with Gasteiger partial charge in [0, 0.05) is 52.4 Å². The molecule has 0 spiro atoms. The van der Waals surface area contributed by atoms with E-state index in [0.717, 1.165) is 52.6 Å². The van der Waals surface area contributed by atoms with Crippen molar-refractivity contribution in [2.24, 2.45) is 0 Å². The molecular weight excluding hydrogens is 568 g/mol. The van der Waals surface area contributed by atoms with E-state index < -0.39 is 0 Å². The molecule has 0 aromatic heterocycles. The molecule has 0 aromatic carbocycles. The van der Waals surface area contributed by atoms with Crippen LogP contribution in [0, 0.1) is 0 Å². The molecular formula is C40H82N4O2. The monoisotopic (exact) mass is 651 g/mol. The van der Waals surface area contributed by atoms with E-state index in [9.17, 15) is 0 Å². The van der Waals surface area contributed by atoms with Gasteiger partial charge < -0.3 is 9.47 Å². The van der Waals surface area contributed by atoms with E-state index in [1.807, 2.05) is 0 Å². The van der Waals surface area contributed by atoms with Crippen molar-refractivity contribution in [3.63, 3.8) is 0 Å². The molecule has 0 saturated carbocycles. The highest BCUT2D eigenvalue weighted by Gasteiger charge is 2.20. The number of hydrogen-bond donors (Lipinski definition) is 0. The van der Waals surface area contributed by atoms with Gasteiger partial charge in [0.05, 0.1) is 26.4 Å². The zero-order valence-electron chi connectivity index (χ0n) is 31.5. The van der Waals surface area contributed by atoms with Gasteiger partial charge in [0.2, 0.25) is 0 Å². The van der Waals surface area contributed by atoms with E-state index in [2.05, 4.69) is 33.9 Å². The molecule has 6 heteroatoms. The largest absolute Gasteiger partial charge is 0.379 e. The molecule has 6 nitrogen and oxygen atoms in total. The van der Waals surface area contributed by atoms with Crippen LogP contribution in [0.1, 0.15) is 181 Å². The number of morpholine rings is 2. The molecule has 2 saturated heterocycles. The summed E-state index contributed by atoms with van der Waals surface area (Å²) in [7, 11) is 0. The molecule has 0 amide bonds. The van der Waals surface area contributed by atoms with E-state index in [1.54, 1.807) is 0 Å². The Morgan fingerprint density at radius 1 is 0.326 bits per heavy atom. The number of ether oxygens (including phenoxy) is 2. The molecule has 46 heavy (non-hydrogen) atoms. The van der Waals surface area contributed by atoms with Crippen LogP contribution in [-0.2, 0) is 9.47 Å². The van der Waals surface area contributed by atoms with Crippen molar-refractivity contribution < 1.29 is 9.47 Å². The zero-order chi connectivity index (χ0) is 32.6. The summed E-state index contributed by atoms with van der Waals surface area (Å²) in [4.78, 5) is 0. The number of unbranched alkanes of at least 4 members (excludes halogenated alkanes) is 23. The molecule has 274 valence electrons. The SMILES string of the molecule is CCCCCCCCCCCCCCN(CCCCN(CCCCCCCCCCCCCC)N1CCOCC1)N1CCOCC1. The van der Waals surface area contributed by atoms with E-state index in [4.69, 9.17) is 9.47 Å². The van der Waals surface area contributed by atoms with Crippen LogP contribution in [0.25, 0.3) is 0 Å². The van der Waals surface area contributed by atoms with Gasteiger partial charge in [-0.25, -0.2) is 20.0 Å². The summed E-state index contributed by atoms with van der Waals surface area (Å²) in [6.07, 6.45) is 36.7. The average molecular weight is 651 g/mol. The third kappa shape index (κ3) is 23.2. The van der Waals surface area contributed by atoms with Crippen molar-refractivity contribution in [3.05, 3.63) is 0 Å². The third-order valence-electron chi connectivity index (χ3n) is 10.4. The minimum atomic E-state index is 0.888. The highest BCUT2D eigenvalue weighted by Crippen LogP contribution is 2.16. The number of hydrazine groups is 2. The fraction of sp³-hybridized carbons (Fsp3) is 1.00. The van der Waals surface area contributed by atoms with E-state index >= 15 is 0 Å². The minimum Gasteiger partial charge on any atom is -0.379 e. The second kappa shape index (κ2) is 32.0. The number of rotatable bonds is 33. The first-order valence-electron chi connectivity index (χ1n) is 21.0. The molecule has 0 aliphatic carbocycles. The van der Waals surface area contributed by atoms with Crippen LogP contribution < -0.4 is 0 Å². The first-order valence-corrected chi connectivity index (χ1v) is 21.0. The van der Waals surface area contributed by atoms with Crippen LogP contribution in [0.3, 0.4) is 0 Å². The summed E-state index contributed by atoms with van der Waals surface area (Å²) in [5, 5.41) is 10.6. The first kappa shape index (κ1) is 41.9. The Balaban J connectivity index is 1.59. The molecule has 2 fully saturated rings. The summed E-state index contributed by atoms with van der Waals surface area (Å²) in [6.45, 7) is 17.3. The van der Waals surface area contributed by atoms with Gasteiger partial charge in [-0.2, -0.15) is 0 Å². The predicted molar refractivity (Wildman–Crippen MR) is 199 cm³/mol. The molecule has 2 aliphatic rings. The lowest BCUT2D eigenvalue weighted by molar-refractivity contribution is -0.0981. The highest BCUT2D eigenvalue weighted by molar-refractivity contribution is 4.66. The number of nitrogens with zero attached hydrogens (tertiary/aromatic N) is 4. The summed E-state index contributed by atoms with van der Waals surface area (Å²) < 4.78 is 11.4. The second-order valence-corrected chi connectivity index (χ2v) is 14.5. The van der Waals surface area contributed by atoms with Crippen LogP contribution in [0.2, 0.25) is 0 Å². The van der Waals surface area contributed by atoms with E-state index in [1.165, 1.54) is 193 Å². The van der Waals surface area contributed by atoms with E-state index in [-0.39, 0.29) is 0 Å². The summed E-state index contributed by atoms with van der Waals surface area (Å²) >= 11 is 0. The van der Waals surface area contributed by atoms with Gasteiger partial charge >= 0.3 is 0 Å². The third-order valence-corrected chi connectivity index (χ3v) is 10.4. The Bertz CT molecular complexity index is 560. The Morgan fingerprint density at radius 3 is 0.804 bits per heavy atom. The minimum absolute atomic E-state index is 0.888. The van der Waals surface area contributed by atoms with Gasteiger partial charge in [-0.1, -0.05) is 155 Å². The fourth-order valence-corrected chi connectivity index (χ4v) is 7.32. The topological polar surface area (TPSA) is 31.4 Å². The van der Waals surface area contributed by atoms with Gasteiger partial charge in [0.25, 0.3) is 0 Å². The standard InChI is InChI=1S/C40H82N4O2/c1-3-5-7-9-11-13-15-17-19-21-23-25-29-41(43-33-37-45-38-34-43)31-27-28-32-42(44-35-39-46-40-36-44)30-26-24-22-20-18-16-14-12-10-8-6-4-2/h3-40H2,1-2H3. The Hall–Kier alpha value is -0.240. The summed E-state index contributed by atoms with van der Waals surface area (Å²) in [5.41, 5.74) is 0. The second-order valence-electron chi connectivity index (χ2n) is 14.5. The summed E-state index contributed by atoms with van der Waals surface area (Å²) in [5.74, 6) is 0. The molecule has 2 aliphatic heterocycles. The van der Waals surface area contributed by atoms with Gasteiger partial charge in [0.15, 0.2) is 0 Å². The fourth-order valence-electron chi connectivity index (χ4n) is 7.32. The van der Waals surface area contributed by atoms with Crippen molar-refractivity contribution in [1.29, 1.82) is 0 Å². The van der Waals surface area contributed by atoms with Gasteiger partial charge in [-0.3, -0.25) is 0 Å². The van der Waals surface area contributed by atoms with Crippen molar-refractivity contribution in [2.45, 2.75) is 181 Å². The van der Waals surface area contributed by atoms with Crippen molar-refractivity contribution in [1.82, 2.24) is 20.0 Å². The normalized spacial score (nSPS) is 16.7. The van der Waals surface area contributed by atoms with Crippen LogP contribution in [0.5, 0.6) is 0 Å². The maximum absolute atomic E-state index is 5.70. The lowest BCUT2D eigenvalue weighted by Gasteiger charge is -2.39. The van der Waals surface area contributed by atoms with Crippen molar-refractivity contribution in [3.8, 4) is 0 Å². The molecule has 0 atom stereocenters. The lowest BCUT2D eigenvalue weighted by atomic mass is 10.1. The maximum Gasteiger partial charge on any atom is 0.0608 e. The first-order chi connectivity index (χ1) is 22.8. The van der Waals surface area contributed by atoms with Crippen molar-refractivity contribution >= 4 is 0 Å². The van der Waals surface area contributed by atoms with Gasteiger partial charge in [-0.15, -0.1) is 0 Å². The van der Waals surface area contributed by atoms with Gasteiger partial charge in [-0.05, 0) is 25.7 Å². The molecule has 0 aromatic rings. The zero-order valence-corrected chi connectivity index (χ0v) is 31.5. The maximum atomic E-state index is 5.70. The molecule has 0 N–H and O–H groups in total. The smallest absolute Gasteiger partial charge is 0.0608 e. The quantitative estimate of drug-likeness (QED) is 0.0657. The Labute approximate surface area is 288 Å². The lowest BCUT2D eigenvalue weighted by Crippen LogP contribution is -2.50. The predicted octanol–water partition coefficient (Wildman–Crippen LogP) is 10.3. The molecule has 2 rings (SSSR count). The van der Waals surface area contributed by atoms with Crippen LogP contribution >= 0.6 is 0 Å².